The lowest BCUT2D eigenvalue weighted by Crippen LogP contribution is -2.18. The van der Waals surface area contributed by atoms with E-state index in [2.05, 4.69) is 25.6 Å². The molecular formula is C20H19FN6O2. The molecule has 0 saturated carbocycles. The molecule has 1 unspecified atom stereocenters. The molecule has 9 heteroatoms. The first-order valence-corrected chi connectivity index (χ1v) is 9.23. The number of imidazole rings is 1. The van der Waals surface area contributed by atoms with Gasteiger partial charge in [-0.3, -0.25) is 4.79 Å². The zero-order valence-corrected chi connectivity index (χ0v) is 16.0. The standard InChI is InChI=1S/C20H19FN6O2/c1-3-29-18-10-8-16(24-25-18)23-20(28)19-12(2)22-17-9-7-15(26-27(17)19)13-5-4-6-14(21)11-13/h4,6-11,13H,3,5H2,1-2H3,(H,23,24,28). The van der Waals surface area contributed by atoms with Gasteiger partial charge in [0, 0.05) is 12.0 Å². The molecule has 0 spiro atoms. The van der Waals surface area contributed by atoms with E-state index in [0.29, 0.717) is 35.9 Å². The van der Waals surface area contributed by atoms with Crippen molar-refractivity contribution in [1.29, 1.82) is 0 Å². The molecule has 0 fully saturated rings. The van der Waals surface area contributed by atoms with Crippen molar-refractivity contribution in [2.24, 2.45) is 0 Å². The Kier molecular flexibility index (Phi) is 5.03. The van der Waals surface area contributed by atoms with Crippen LogP contribution in [0.2, 0.25) is 0 Å². The van der Waals surface area contributed by atoms with E-state index in [1.807, 2.05) is 6.92 Å². The van der Waals surface area contributed by atoms with Crippen molar-refractivity contribution in [3.63, 3.8) is 0 Å². The van der Waals surface area contributed by atoms with Gasteiger partial charge < -0.3 is 10.1 Å². The van der Waals surface area contributed by atoms with E-state index in [4.69, 9.17) is 4.74 Å². The van der Waals surface area contributed by atoms with Gasteiger partial charge >= 0.3 is 0 Å². The highest BCUT2D eigenvalue weighted by Crippen LogP contribution is 2.27. The molecule has 1 atom stereocenters. The summed E-state index contributed by atoms with van der Waals surface area (Å²) in [5.41, 5.74) is 2.00. The minimum Gasteiger partial charge on any atom is -0.477 e. The van der Waals surface area contributed by atoms with Crippen molar-refractivity contribution in [3.05, 3.63) is 65.4 Å². The fourth-order valence-electron chi connectivity index (χ4n) is 3.15. The molecule has 0 bridgehead atoms. The number of halogens is 1. The predicted octanol–water partition coefficient (Wildman–Crippen LogP) is 3.38. The summed E-state index contributed by atoms with van der Waals surface area (Å²) in [7, 11) is 0. The Bertz CT molecular complexity index is 1120. The normalized spacial score (nSPS) is 16.0. The number of hydrogen-bond acceptors (Lipinski definition) is 6. The molecule has 29 heavy (non-hydrogen) atoms. The topological polar surface area (TPSA) is 94.3 Å². The number of rotatable bonds is 5. The number of nitrogens with zero attached hydrogens (tertiary/aromatic N) is 5. The Morgan fingerprint density at radius 1 is 1.31 bits per heavy atom. The van der Waals surface area contributed by atoms with Gasteiger partial charge in [0.2, 0.25) is 5.88 Å². The molecular weight excluding hydrogens is 375 g/mol. The predicted molar refractivity (Wildman–Crippen MR) is 105 cm³/mol. The minimum absolute atomic E-state index is 0.194. The van der Waals surface area contributed by atoms with Crippen LogP contribution in [0.15, 0.2) is 48.3 Å². The van der Waals surface area contributed by atoms with Gasteiger partial charge in [0.05, 0.1) is 18.0 Å². The number of amides is 1. The molecule has 3 aromatic rings. The SMILES string of the molecule is CCOc1ccc(NC(=O)c2c(C)nc3ccc(C4C=C(F)C=CC4)nn23)nn1. The van der Waals surface area contributed by atoms with Crippen molar-refractivity contribution in [3.8, 4) is 5.88 Å². The largest absolute Gasteiger partial charge is 0.477 e. The third-order valence-electron chi connectivity index (χ3n) is 4.47. The molecule has 3 heterocycles. The molecule has 0 aliphatic heterocycles. The van der Waals surface area contributed by atoms with Gasteiger partial charge in [-0.25, -0.2) is 13.9 Å². The molecule has 0 radical (unpaired) electrons. The fourth-order valence-corrected chi connectivity index (χ4v) is 3.15. The van der Waals surface area contributed by atoms with Gasteiger partial charge in [0.25, 0.3) is 5.91 Å². The van der Waals surface area contributed by atoms with Crippen LogP contribution in [0.1, 0.15) is 41.1 Å². The summed E-state index contributed by atoms with van der Waals surface area (Å²) in [6.07, 6.45) is 5.37. The monoisotopic (exact) mass is 394 g/mol. The van der Waals surface area contributed by atoms with Crippen molar-refractivity contribution < 1.29 is 13.9 Å². The average molecular weight is 394 g/mol. The number of allylic oxidation sites excluding steroid dienone is 4. The number of aromatic nitrogens is 5. The van der Waals surface area contributed by atoms with E-state index >= 15 is 0 Å². The third kappa shape index (κ3) is 3.84. The van der Waals surface area contributed by atoms with E-state index in [1.165, 1.54) is 16.7 Å². The maximum atomic E-state index is 13.6. The molecule has 1 aliphatic rings. The first-order chi connectivity index (χ1) is 14.0. The second kappa shape index (κ2) is 7.78. The molecule has 1 amide bonds. The summed E-state index contributed by atoms with van der Waals surface area (Å²) >= 11 is 0. The summed E-state index contributed by atoms with van der Waals surface area (Å²) in [4.78, 5) is 17.3. The molecule has 148 valence electrons. The van der Waals surface area contributed by atoms with Crippen LogP contribution in [0.5, 0.6) is 5.88 Å². The number of carbonyl (C=O) groups excluding carboxylic acids is 1. The Labute approximate surface area is 166 Å². The van der Waals surface area contributed by atoms with Crippen LogP contribution < -0.4 is 10.1 Å². The highest BCUT2D eigenvalue weighted by atomic mass is 19.1. The van der Waals surface area contributed by atoms with Gasteiger partial charge in [0.1, 0.15) is 5.83 Å². The maximum absolute atomic E-state index is 13.6. The highest BCUT2D eigenvalue weighted by Gasteiger charge is 2.21. The number of hydrogen-bond donors (Lipinski definition) is 1. The van der Waals surface area contributed by atoms with Gasteiger partial charge in [-0.2, -0.15) is 5.10 Å². The molecule has 1 N–H and O–H groups in total. The third-order valence-corrected chi connectivity index (χ3v) is 4.47. The summed E-state index contributed by atoms with van der Waals surface area (Å²) in [6.45, 7) is 4.06. The van der Waals surface area contributed by atoms with Crippen LogP contribution in [0.25, 0.3) is 5.65 Å². The number of carbonyl (C=O) groups is 1. The Hall–Kier alpha value is -3.62. The van der Waals surface area contributed by atoms with Crippen molar-refractivity contribution in [2.45, 2.75) is 26.2 Å². The van der Waals surface area contributed by atoms with Crippen LogP contribution in [-0.2, 0) is 0 Å². The first kappa shape index (κ1) is 18.7. The van der Waals surface area contributed by atoms with Crippen molar-refractivity contribution >= 4 is 17.4 Å². The van der Waals surface area contributed by atoms with E-state index in [0.717, 1.165) is 0 Å². The van der Waals surface area contributed by atoms with Crippen molar-refractivity contribution in [1.82, 2.24) is 24.8 Å². The molecule has 1 aliphatic carbocycles. The lowest BCUT2D eigenvalue weighted by atomic mass is 9.97. The highest BCUT2D eigenvalue weighted by molar-refractivity contribution is 6.03. The van der Waals surface area contributed by atoms with Gasteiger partial charge in [-0.1, -0.05) is 6.08 Å². The summed E-state index contributed by atoms with van der Waals surface area (Å²) in [6, 6.07) is 6.80. The van der Waals surface area contributed by atoms with Gasteiger partial charge in [-0.05, 0) is 50.6 Å². The Morgan fingerprint density at radius 2 is 2.17 bits per heavy atom. The average Bonchev–Trinajstić information content (AvgIpc) is 3.04. The second-order valence-corrected chi connectivity index (χ2v) is 6.51. The van der Waals surface area contributed by atoms with Crippen LogP contribution in [0.4, 0.5) is 10.2 Å². The number of fused-ring (bicyclic) bond motifs is 1. The smallest absolute Gasteiger partial charge is 0.277 e. The van der Waals surface area contributed by atoms with E-state index < -0.39 is 5.91 Å². The van der Waals surface area contributed by atoms with Crippen LogP contribution in [0, 0.1) is 6.92 Å². The van der Waals surface area contributed by atoms with E-state index in [1.54, 1.807) is 37.3 Å². The molecule has 0 aromatic carbocycles. The molecule has 8 nitrogen and oxygen atoms in total. The number of nitrogens with one attached hydrogen (secondary N) is 1. The van der Waals surface area contributed by atoms with Crippen LogP contribution in [0.3, 0.4) is 0 Å². The lowest BCUT2D eigenvalue weighted by Gasteiger charge is -2.13. The lowest BCUT2D eigenvalue weighted by molar-refractivity contribution is 0.101. The molecule has 0 saturated heterocycles. The maximum Gasteiger partial charge on any atom is 0.277 e. The number of anilines is 1. The van der Waals surface area contributed by atoms with Gasteiger partial charge in [0.15, 0.2) is 17.2 Å². The zero-order chi connectivity index (χ0) is 20.4. The molecule has 3 aromatic heterocycles. The Balaban J connectivity index is 1.63. The van der Waals surface area contributed by atoms with Gasteiger partial charge in [-0.15, -0.1) is 10.2 Å². The summed E-state index contributed by atoms with van der Waals surface area (Å²) in [5.74, 6) is -0.239. The first-order valence-electron chi connectivity index (χ1n) is 9.23. The number of ether oxygens (including phenoxy) is 1. The van der Waals surface area contributed by atoms with E-state index in [-0.39, 0.29) is 23.3 Å². The summed E-state index contributed by atoms with van der Waals surface area (Å²) < 4.78 is 20.3. The fraction of sp³-hybridized carbons (Fsp3) is 0.250. The van der Waals surface area contributed by atoms with Crippen LogP contribution >= 0.6 is 0 Å². The molecule has 4 rings (SSSR count). The Morgan fingerprint density at radius 3 is 2.90 bits per heavy atom. The minimum atomic E-state index is -0.414. The van der Waals surface area contributed by atoms with Crippen molar-refractivity contribution in [2.75, 3.05) is 11.9 Å². The quantitative estimate of drug-likeness (QED) is 0.713. The number of aryl methyl sites for hydroxylation is 1. The van der Waals surface area contributed by atoms with E-state index in [9.17, 15) is 9.18 Å². The zero-order valence-electron chi connectivity index (χ0n) is 16.0. The summed E-state index contributed by atoms with van der Waals surface area (Å²) in [5, 5.41) is 15.1. The van der Waals surface area contributed by atoms with Crippen LogP contribution in [-0.4, -0.2) is 37.3 Å². The second-order valence-electron chi connectivity index (χ2n) is 6.51.